The smallest absolute Gasteiger partial charge is 0.269 e. The molecule has 1 aliphatic rings. The highest BCUT2D eigenvalue weighted by Crippen LogP contribution is 2.25. The number of amides is 3. The Hall–Kier alpha value is -4.39. The van der Waals surface area contributed by atoms with Crippen LogP contribution in [0.15, 0.2) is 54.7 Å². The fourth-order valence-corrected chi connectivity index (χ4v) is 4.43. The lowest BCUT2D eigenvalue weighted by molar-refractivity contribution is -0.384. The Morgan fingerprint density at radius 3 is 2.21 bits per heavy atom. The number of aromatic nitrogens is 2. The Morgan fingerprint density at radius 1 is 1.06 bits per heavy atom. The van der Waals surface area contributed by atoms with Gasteiger partial charge >= 0.3 is 0 Å². The van der Waals surface area contributed by atoms with Gasteiger partial charge in [-0.2, -0.15) is 5.10 Å². The molecule has 174 valence electrons. The number of imide groups is 1. The number of hydrogen-bond acceptors (Lipinski definition) is 8. The number of nitro groups is 1. The summed E-state index contributed by atoms with van der Waals surface area (Å²) in [6.07, 6.45) is 1.31. The van der Waals surface area contributed by atoms with Crippen LogP contribution in [0.5, 0.6) is 0 Å². The molecule has 2 aromatic carbocycles. The zero-order chi connectivity index (χ0) is 24.6. The molecule has 34 heavy (non-hydrogen) atoms. The highest BCUT2D eigenvalue weighted by atomic mass is 32.2. The lowest BCUT2D eigenvalue weighted by Gasteiger charge is -2.14. The molecule has 0 bridgehead atoms. The highest BCUT2D eigenvalue weighted by Gasteiger charge is 2.36. The first-order chi connectivity index (χ1) is 16.1. The van der Waals surface area contributed by atoms with E-state index >= 15 is 0 Å². The molecule has 0 fully saturated rings. The van der Waals surface area contributed by atoms with Crippen LogP contribution in [0, 0.1) is 10.1 Å². The van der Waals surface area contributed by atoms with Crippen molar-refractivity contribution in [2.75, 3.05) is 12.3 Å². The summed E-state index contributed by atoms with van der Waals surface area (Å²) in [5, 5.41) is 15.0. The number of carbonyl (C=O) groups is 3. The van der Waals surface area contributed by atoms with E-state index in [1.807, 2.05) is 4.72 Å². The van der Waals surface area contributed by atoms with Crippen LogP contribution in [0.25, 0.3) is 11.3 Å². The third kappa shape index (κ3) is 4.28. The van der Waals surface area contributed by atoms with E-state index in [4.69, 9.17) is 0 Å². The number of sulfonamides is 1. The Balaban J connectivity index is 1.48. The van der Waals surface area contributed by atoms with Gasteiger partial charge in [-0.25, -0.2) is 13.1 Å². The second-order valence-electron chi connectivity index (χ2n) is 7.43. The van der Waals surface area contributed by atoms with Crippen molar-refractivity contribution in [2.45, 2.75) is 0 Å². The standard InChI is InChI=1S/C21H17N5O7S/c1-24-12-17(18(22-24)13-6-8-14(9-7-13)26(30)31)19(27)23-34(32,33)11-10-25-20(28)15-4-2-3-5-16(15)21(25)29/h2-9,12H,10-11H2,1H3,(H,23,27). The molecule has 0 atom stereocenters. The maximum Gasteiger partial charge on any atom is 0.269 e. The van der Waals surface area contributed by atoms with Gasteiger partial charge in [0.2, 0.25) is 10.0 Å². The molecule has 0 saturated carbocycles. The van der Waals surface area contributed by atoms with Gasteiger partial charge in [-0.3, -0.25) is 34.1 Å². The van der Waals surface area contributed by atoms with Gasteiger partial charge < -0.3 is 0 Å². The van der Waals surface area contributed by atoms with Gasteiger partial charge in [0.25, 0.3) is 23.4 Å². The number of nitro benzene ring substituents is 1. The summed E-state index contributed by atoms with van der Waals surface area (Å²) < 4.78 is 28.3. The highest BCUT2D eigenvalue weighted by molar-refractivity contribution is 7.90. The number of benzene rings is 2. The first kappa shape index (κ1) is 22.8. The summed E-state index contributed by atoms with van der Waals surface area (Å²) in [7, 11) is -2.70. The van der Waals surface area contributed by atoms with Crippen molar-refractivity contribution in [1.29, 1.82) is 0 Å². The predicted octanol–water partition coefficient (Wildman–Crippen LogP) is 1.35. The fourth-order valence-electron chi connectivity index (χ4n) is 3.51. The van der Waals surface area contributed by atoms with Crippen molar-refractivity contribution in [1.82, 2.24) is 19.4 Å². The molecule has 0 spiro atoms. The lowest BCUT2D eigenvalue weighted by atomic mass is 10.1. The van der Waals surface area contributed by atoms with Crippen LogP contribution in [0.2, 0.25) is 0 Å². The molecule has 0 unspecified atom stereocenters. The molecule has 2 heterocycles. The van der Waals surface area contributed by atoms with E-state index in [1.165, 1.54) is 54.3 Å². The second kappa shape index (κ2) is 8.51. The van der Waals surface area contributed by atoms with Crippen molar-refractivity contribution in [3.63, 3.8) is 0 Å². The minimum atomic E-state index is -4.23. The van der Waals surface area contributed by atoms with Crippen molar-refractivity contribution in [3.05, 3.63) is 81.5 Å². The Bertz CT molecular complexity index is 1410. The summed E-state index contributed by atoms with van der Waals surface area (Å²) in [4.78, 5) is 48.7. The number of fused-ring (bicyclic) bond motifs is 1. The van der Waals surface area contributed by atoms with Crippen molar-refractivity contribution in [3.8, 4) is 11.3 Å². The average Bonchev–Trinajstić information content (AvgIpc) is 3.30. The van der Waals surface area contributed by atoms with Crippen molar-refractivity contribution in [2.24, 2.45) is 7.05 Å². The predicted molar refractivity (Wildman–Crippen MR) is 118 cm³/mol. The minimum Gasteiger partial charge on any atom is -0.274 e. The van der Waals surface area contributed by atoms with Gasteiger partial charge in [-0.05, 0) is 24.3 Å². The van der Waals surface area contributed by atoms with Crippen molar-refractivity contribution >= 4 is 33.4 Å². The summed E-state index contributed by atoms with van der Waals surface area (Å²) >= 11 is 0. The molecule has 0 radical (unpaired) electrons. The van der Waals surface area contributed by atoms with Gasteiger partial charge in [-0.1, -0.05) is 12.1 Å². The van der Waals surface area contributed by atoms with E-state index in [0.29, 0.717) is 5.56 Å². The second-order valence-corrected chi connectivity index (χ2v) is 9.27. The van der Waals surface area contributed by atoms with Gasteiger partial charge in [-0.15, -0.1) is 0 Å². The first-order valence-corrected chi connectivity index (χ1v) is 11.5. The summed E-state index contributed by atoms with van der Waals surface area (Å²) in [6, 6.07) is 11.4. The number of nitrogens with one attached hydrogen (secondary N) is 1. The molecular weight excluding hydrogens is 466 g/mol. The SMILES string of the molecule is Cn1cc(C(=O)NS(=O)(=O)CCN2C(=O)c3ccccc3C2=O)c(-c2ccc([N+](=O)[O-])cc2)n1. The van der Waals surface area contributed by atoms with Gasteiger partial charge in [0.15, 0.2) is 0 Å². The largest absolute Gasteiger partial charge is 0.274 e. The van der Waals surface area contributed by atoms with E-state index in [1.54, 1.807) is 12.1 Å². The van der Waals surface area contributed by atoms with Crippen LogP contribution in [0.4, 0.5) is 5.69 Å². The zero-order valence-electron chi connectivity index (χ0n) is 17.7. The Labute approximate surface area is 193 Å². The molecule has 0 aliphatic carbocycles. The molecule has 12 nitrogen and oxygen atoms in total. The number of nitrogens with zero attached hydrogens (tertiary/aromatic N) is 4. The van der Waals surface area contributed by atoms with Crippen LogP contribution >= 0.6 is 0 Å². The quantitative estimate of drug-likeness (QED) is 0.299. The Morgan fingerprint density at radius 2 is 1.65 bits per heavy atom. The summed E-state index contributed by atoms with van der Waals surface area (Å²) in [5.74, 6) is -2.86. The number of carbonyl (C=O) groups excluding carboxylic acids is 3. The monoisotopic (exact) mass is 483 g/mol. The third-order valence-electron chi connectivity index (χ3n) is 5.13. The Kier molecular flexibility index (Phi) is 5.71. The van der Waals surface area contributed by atoms with E-state index in [2.05, 4.69) is 5.10 Å². The normalized spacial score (nSPS) is 13.1. The van der Waals surface area contributed by atoms with Crippen LogP contribution in [-0.4, -0.2) is 58.0 Å². The van der Waals surface area contributed by atoms with Crippen molar-refractivity contribution < 1.29 is 27.7 Å². The van der Waals surface area contributed by atoms with E-state index in [-0.39, 0.29) is 28.1 Å². The van der Waals surface area contributed by atoms with E-state index < -0.39 is 45.0 Å². The molecule has 1 aromatic heterocycles. The maximum atomic E-state index is 12.7. The number of hydrogen-bond donors (Lipinski definition) is 1. The van der Waals surface area contributed by atoms with E-state index in [0.717, 1.165) is 4.90 Å². The van der Waals surface area contributed by atoms with Crippen LogP contribution in [0.1, 0.15) is 31.1 Å². The average molecular weight is 483 g/mol. The number of rotatable bonds is 7. The topological polar surface area (TPSA) is 162 Å². The van der Waals surface area contributed by atoms with Gasteiger partial charge in [0, 0.05) is 37.5 Å². The van der Waals surface area contributed by atoms with E-state index in [9.17, 15) is 32.9 Å². The summed E-state index contributed by atoms with van der Waals surface area (Å²) in [6.45, 7) is -0.433. The minimum absolute atomic E-state index is 0.0688. The molecule has 3 aromatic rings. The molecule has 13 heteroatoms. The molecule has 1 N–H and O–H groups in total. The molecule has 4 rings (SSSR count). The van der Waals surface area contributed by atoms with Crippen LogP contribution in [-0.2, 0) is 17.1 Å². The van der Waals surface area contributed by atoms with Gasteiger partial charge in [0.1, 0.15) is 5.69 Å². The molecule has 0 saturated heterocycles. The molecular formula is C21H17N5O7S. The van der Waals surface area contributed by atoms with Crippen LogP contribution < -0.4 is 4.72 Å². The fraction of sp³-hybridized carbons (Fsp3) is 0.143. The molecule has 3 amide bonds. The zero-order valence-corrected chi connectivity index (χ0v) is 18.5. The van der Waals surface area contributed by atoms with Crippen LogP contribution in [0.3, 0.4) is 0 Å². The number of aryl methyl sites for hydroxylation is 1. The first-order valence-electron chi connectivity index (χ1n) is 9.86. The maximum absolute atomic E-state index is 12.7. The third-order valence-corrected chi connectivity index (χ3v) is 6.35. The molecule has 1 aliphatic heterocycles. The number of non-ortho nitro benzene ring substituents is 1. The summed E-state index contributed by atoms with van der Waals surface area (Å²) in [5.41, 5.74) is 0.668. The lowest BCUT2D eigenvalue weighted by Crippen LogP contribution is -2.39. The van der Waals surface area contributed by atoms with Gasteiger partial charge in [0.05, 0.1) is 27.4 Å².